The molecule has 0 bridgehead atoms. The van der Waals surface area contributed by atoms with Gasteiger partial charge in [-0.3, -0.25) is 29.0 Å². The zero-order valence-electron chi connectivity index (χ0n) is 23.7. The molecule has 0 saturated carbocycles. The van der Waals surface area contributed by atoms with Crippen molar-refractivity contribution in [1.29, 1.82) is 0 Å². The predicted molar refractivity (Wildman–Crippen MR) is 152 cm³/mol. The second-order valence-electron chi connectivity index (χ2n) is 9.69. The summed E-state index contributed by atoms with van der Waals surface area (Å²) in [4.78, 5) is 71.5. The van der Waals surface area contributed by atoms with Crippen LogP contribution in [0, 0.1) is 0 Å². The van der Waals surface area contributed by atoms with Gasteiger partial charge in [-0.25, -0.2) is 16.7 Å². The van der Waals surface area contributed by atoms with Crippen LogP contribution in [0.1, 0.15) is 37.7 Å². The molecular weight excluding hydrogens is 568 g/mol. The summed E-state index contributed by atoms with van der Waals surface area (Å²) in [5.74, 6) is 1.59. The lowest BCUT2D eigenvalue weighted by Gasteiger charge is -2.28. The van der Waals surface area contributed by atoms with Gasteiger partial charge < -0.3 is 42.2 Å². The number of aliphatic carboxylic acids is 1. The molecule has 43 heavy (non-hydrogen) atoms. The van der Waals surface area contributed by atoms with Gasteiger partial charge in [-0.1, -0.05) is 30.3 Å². The lowest BCUT2D eigenvalue weighted by molar-refractivity contribution is -0.144. The molecule has 4 amide bonds. The van der Waals surface area contributed by atoms with E-state index >= 15 is 0 Å². The summed E-state index contributed by atoms with van der Waals surface area (Å²) in [5.41, 5.74) is 16.7. The summed E-state index contributed by atoms with van der Waals surface area (Å²) in [7, 11) is 0. The number of amides is 4. The van der Waals surface area contributed by atoms with Gasteiger partial charge in [-0.05, 0) is 31.2 Å². The number of carbonyl (C=O) groups is 6. The Labute approximate surface area is 248 Å². The summed E-state index contributed by atoms with van der Waals surface area (Å²) >= 11 is 0. The van der Waals surface area contributed by atoms with E-state index in [1.54, 1.807) is 30.3 Å². The molecule has 17 heteroatoms. The number of aldehydes is 1. The van der Waals surface area contributed by atoms with Crippen molar-refractivity contribution in [3.8, 4) is 0 Å². The summed E-state index contributed by atoms with van der Waals surface area (Å²) in [6, 6.07) is 2.85. The summed E-state index contributed by atoms with van der Waals surface area (Å²) in [5, 5.41) is 33.3. The van der Waals surface area contributed by atoms with Gasteiger partial charge in [0.2, 0.25) is 17.7 Å². The molecule has 0 radical (unpaired) electrons. The molecule has 0 aliphatic carbocycles. The monoisotopic (exact) mass is 610 g/mol. The number of benzene rings is 1. The Morgan fingerprint density at radius 3 is 2.19 bits per heavy atom. The first kappa shape index (κ1) is 37.0. The second kappa shape index (κ2) is 20.0. The van der Waals surface area contributed by atoms with Crippen LogP contribution in [0.4, 0.5) is 0 Å². The lowest BCUT2D eigenvalue weighted by atomic mass is 10.0. The molecule has 0 aliphatic heterocycles. The van der Waals surface area contributed by atoms with Crippen molar-refractivity contribution < 1.29 is 44.1 Å². The molecule has 240 valence electrons. The standard InChI is InChI=1S/C26H42N8O9/c27-18(8-4-5-11-30-22(38)10-9-19(26(42)43)33-32-17(13-35)14-36)24(40)31-20(12-16-6-2-1-3-7-16)25(41)34(29)21(15-37)23(28)39/h1-3,6-7,13,17-21,32-33,36-37H,4-5,8-12,14-15,27,29H2,(H2,28,39)(H,30,38)(H,31,40)(H,42,43)/t17-,18?,19?,20?,21?/m1/s1. The number of carboxylic acid groups (broad SMARTS) is 1. The van der Waals surface area contributed by atoms with Crippen LogP contribution in [0.5, 0.6) is 0 Å². The molecule has 1 aromatic carbocycles. The Morgan fingerprint density at radius 2 is 1.63 bits per heavy atom. The zero-order valence-corrected chi connectivity index (χ0v) is 23.7. The van der Waals surface area contributed by atoms with E-state index in [9.17, 15) is 39.0 Å². The highest BCUT2D eigenvalue weighted by molar-refractivity contribution is 5.92. The van der Waals surface area contributed by atoms with E-state index < -0.39 is 73.0 Å². The number of hydrazine groups is 2. The topological polar surface area (TPSA) is 293 Å². The van der Waals surface area contributed by atoms with Crippen molar-refractivity contribution >= 4 is 35.9 Å². The number of hydrogen-bond acceptors (Lipinski definition) is 12. The van der Waals surface area contributed by atoms with Crippen LogP contribution in [0.3, 0.4) is 0 Å². The molecule has 0 aliphatic rings. The minimum atomic E-state index is -1.49. The Hall–Kier alpha value is -4.00. The van der Waals surface area contributed by atoms with E-state index in [4.69, 9.17) is 22.4 Å². The number of nitrogens with zero attached hydrogens (tertiary/aromatic N) is 1. The first-order valence-corrected chi connectivity index (χ1v) is 13.6. The largest absolute Gasteiger partial charge is 0.480 e. The van der Waals surface area contributed by atoms with E-state index in [1.165, 1.54) is 0 Å². The highest BCUT2D eigenvalue weighted by Gasteiger charge is 2.32. The maximum atomic E-state index is 13.0. The van der Waals surface area contributed by atoms with Gasteiger partial charge in [0.05, 0.1) is 25.3 Å². The predicted octanol–water partition coefficient (Wildman–Crippen LogP) is -4.24. The fraction of sp³-hybridized carbons (Fsp3) is 0.538. The van der Waals surface area contributed by atoms with Crippen molar-refractivity contribution in [3.63, 3.8) is 0 Å². The highest BCUT2D eigenvalue weighted by Crippen LogP contribution is 2.08. The van der Waals surface area contributed by atoms with Crippen molar-refractivity contribution in [2.75, 3.05) is 19.8 Å². The molecule has 1 aromatic rings. The number of aliphatic hydroxyl groups excluding tert-OH is 2. The van der Waals surface area contributed by atoms with Gasteiger partial charge in [0, 0.05) is 19.4 Å². The van der Waals surface area contributed by atoms with Gasteiger partial charge >= 0.3 is 5.97 Å². The van der Waals surface area contributed by atoms with Gasteiger partial charge in [0.25, 0.3) is 5.91 Å². The number of primary amides is 1. The van der Waals surface area contributed by atoms with Crippen LogP contribution in [-0.2, 0) is 35.2 Å². The maximum Gasteiger partial charge on any atom is 0.322 e. The van der Waals surface area contributed by atoms with Crippen LogP contribution in [0.25, 0.3) is 0 Å². The fourth-order valence-electron chi connectivity index (χ4n) is 3.78. The number of unbranched alkanes of at least 4 members (excludes halogenated alkanes) is 1. The van der Waals surface area contributed by atoms with Crippen LogP contribution in [0.2, 0.25) is 0 Å². The minimum Gasteiger partial charge on any atom is -0.480 e. The summed E-state index contributed by atoms with van der Waals surface area (Å²) < 4.78 is 0. The van der Waals surface area contributed by atoms with E-state index in [0.717, 1.165) is 0 Å². The molecule has 0 saturated heterocycles. The number of nitrogens with one attached hydrogen (secondary N) is 4. The Balaban J connectivity index is 2.56. The van der Waals surface area contributed by atoms with E-state index in [-0.39, 0.29) is 32.2 Å². The SMILES string of the molecule is NC(=O)C(CO)N(N)C(=O)C(Cc1ccccc1)NC(=O)C(N)CCCCNC(=O)CCC(NN[C@H](C=O)CO)C(=O)O. The Bertz CT molecular complexity index is 1060. The average Bonchev–Trinajstić information content (AvgIpc) is 2.98. The van der Waals surface area contributed by atoms with E-state index in [1.807, 2.05) is 0 Å². The van der Waals surface area contributed by atoms with Crippen LogP contribution >= 0.6 is 0 Å². The maximum absolute atomic E-state index is 13.0. The number of rotatable bonds is 22. The molecule has 1 rings (SSSR count). The third-order valence-electron chi connectivity index (χ3n) is 6.35. The minimum absolute atomic E-state index is 0.0300. The number of nitrogens with two attached hydrogens (primary N) is 3. The molecule has 13 N–H and O–H groups in total. The molecule has 5 atom stereocenters. The molecule has 4 unspecified atom stereocenters. The quantitative estimate of drug-likeness (QED) is 0.0196. The van der Waals surface area contributed by atoms with Crippen LogP contribution in [0.15, 0.2) is 30.3 Å². The van der Waals surface area contributed by atoms with Crippen molar-refractivity contribution in [2.24, 2.45) is 17.3 Å². The molecule has 0 heterocycles. The van der Waals surface area contributed by atoms with Crippen molar-refractivity contribution in [3.05, 3.63) is 35.9 Å². The molecule has 0 spiro atoms. The smallest absolute Gasteiger partial charge is 0.322 e. The third-order valence-corrected chi connectivity index (χ3v) is 6.35. The molecule has 0 fully saturated rings. The number of carbonyl (C=O) groups excluding carboxylic acids is 5. The molecule has 0 aromatic heterocycles. The Morgan fingerprint density at radius 1 is 0.953 bits per heavy atom. The first-order valence-electron chi connectivity index (χ1n) is 13.6. The van der Waals surface area contributed by atoms with Gasteiger partial charge in [0.1, 0.15) is 24.4 Å². The van der Waals surface area contributed by atoms with Gasteiger partial charge in [0.15, 0.2) is 0 Å². The van der Waals surface area contributed by atoms with E-state index in [0.29, 0.717) is 29.7 Å². The molecular formula is C26H42N8O9. The average molecular weight is 611 g/mol. The first-order chi connectivity index (χ1) is 20.4. The summed E-state index contributed by atoms with van der Waals surface area (Å²) in [6.45, 7) is -1.10. The summed E-state index contributed by atoms with van der Waals surface area (Å²) in [6.07, 6.45) is 1.32. The highest BCUT2D eigenvalue weighted by atomic mass is 16.4. The van der Waals surface area contributed by atoms with Gasteiger partial charge in [-0.15, -0.1) is 0 Å². The fourth-order valence-corrected chi connectivity index (χ4v) is 3.78. The van der Waals surface area contributed by atoms with E-state index in [2.05, 4.69) is 21.5 Å². The van der Waals surface area contributed by atoms with Crippen molar-refractivity contribution in [1.82, 2.24) is 26.5 Å². The molecule has 17 nitrogen and oxygen atoms in total. The van der Waals surface area contributed by atoms with Crippen LogP contribution < -0.4 is 38.8 Å². The Kier molecular flexibility index (Phi) is 17.2. The van der Waals surface area contributed by atoms with Crippen LogP contribution in [-0.4, -0.2) is 106 Å². The zero-order chi connectivity index (χ0) is 32.4. The van der Waals surface area contributed by atoms with Gasteiger partial charge in [-0.2, -0.15) is 0 Å². The number of carboxylic acids is 1. The lowest BCUT2D eigenvalue weighted by Crippen LogP contribution is -2.60. The third kappa shape index (κ3) is 13.7. The normalized spacial score (nSPS) is 14.4. The number of hydrogen-bond donors (Lipinski definition) is 10. The second-order valence-corrected chi connectivity index (χ2v) is 9.69. The number of aliphatic hydroxyl groups is 2. The van der Waals surface area contributed by atoms with Crippen molar-refractivity contribution in [2.45, 2.75) is 68.7 Å².